The maximum absolute atomic E-state index is 14.4. The summed E-state index contributed by atoms with van der Waals surface area (Å²) in [5.74, 6) is -1.57. The van der Waals surface area contributed by atoms with Crippen molar-refractivity contribution < 1.29 is 28.7 Å². The van der Waals surface area contributed by atoms with E-state index in [0.717, 1.165) is 24.0 Å². The summed E-state index contributed by atoms with van der Waals surface area (Å²) in [5, 5.41) is 8.94. The fraction of sp³-hybridized carbons (Fsp3) is 0.609. The highest BCUT2D eigenvalue weighted by atomic mass is 16.5. The van der Waals surface area contributed by atoms with E-state index in [0.29, 0.717) is 19.4 Å². The van der Waals surface area contributed by atoms with E-state index < -0.39 is 30.2 Å². The van der Waals surface area contributed by atoms with Crippen molar-refractivity contribution >= 4 is 29.7 Å². The number of imide groups is 1. The first-order valence-corrected chi connectivity index (χ1v) is 20.8. The monoisotopic (exact) mass is 790 g/mol. The van der Waals surface area contributed by atoms with E-state index in [1.54, 1.807) is 21.3 Å². The molecule has 11 heteroatoms. The lowest BCUT2D eigenvalue weighted by Crippen LogP contribution is -2.60. The molecule has 4 amide bonds. The van der Waals surface area contributed by atoms with Crippen molar-refractivity contribution in [2.45, 2.75) is 123 Å². The molecule has 2 aromatic rings. The second kappa shape index (κ2) is 23.5. The number of amides is 4. The Morgan fingerprint density at radius 2 is 1.51 bits per heavy atom. The number of rotatable bonds is 22. The molecule has 11 nitrogen and oxygen atoms in total. The number of nitrogens with zero attached hydrogens (tertiary/aromatic N) is 2. The van der Waals surface area contributed by atoms with Crippen molar-refractivity contribution in [3.05, 3.63) is 77.9 Å². The average molecular weight is 790 g/mol. The van der Waals surface area contributed by atoms with Crippen molar-refractivity contribution in [2.24, 2.45) is 23.7 Å². The van der Waals surface area contributed by atoms with Crippen molar-refractivity contribution in [2.75, 3.05) is 34.9 Å². The minimum Gasteiger partial charge on any atom is -0.379 e. The Bertz CT molecular complexity index is 1570. The molecular weight excluding hydrogens is 719 g/mol. The summed E-state index contributed by atoms with van der Waals surface area (Å²) >= 11 is 0. The number of carbonyl (C=O) groups excluding carboxylic acids is 4. The molecule has 316 valence electrons. The summed E-state index contributed by atoms with van der Waals surface area (Å²) in [6, 6.07) is 18.1. The van der Waals surface area contributed by atoms with Crippen molar-refractivity contribution in [3.8, 4) is 0 Å². The minimum absolute atomic E-state index is 0.00194. The normalized spacial score (nSPS) is 18.9. The van der Waals surface area contributed by atoms with Gasteiger partial charge in [-0.3, -0.25) is 29.4 Å². The van der Waals surface area contributed by atoms with Crippen LogP contribution in [0, 0.1) is 23.7 Å². The molecule has 0 radical (unpaired) electrons. The number of likely N-dealkylation sites (tertiary alicyclic amines) is 1. The number of carbonyl (C=O) groups is 4. The molecule has 0 bridgehead atoms. The SMILES string of the molecule is CC[C@H](C)[C@@H]([C@@H](CC(=O)N1CCC[C@H]1[C@H](OC)[C@@H](C)C(=O)N[C@H](/C=C/c1ccccc1)Cc1ccccc1)OC)N(C)[C@H](C(=O)NC(=O)[C@@H](NC)C(C)C)C(C)C. The Kier molecular flexibility index (Phi) is 19.6. The standard InChI is InChI=1S/C46H71N5O6/c1-12-32(6)42(50(9)41(31(4)5)46(55)49-45(54)40(47-8)30(2)3)38(56-10)29-39(52)51-27-19-24-37(51)43(57-11)33(7)44(53)48-36(28-35-22-17-14-18-23-35)26-25-34-20-15-13-16-21-34/h13-18,20-23,25-26,30-33,36-38,40-43,47H,12,19,24,27-29H2,1-11H3,(H,48,53)(H,49,54,55)/b26-25+/t32-,33+,36+,37-,38+,40-,41-,42-,43+/m0/s1. The lowest BCUT2D eigenvalue weighted by molar-refractivity contribution is -0.144. The molecule has 0 aromatic heterocycles. The molecule has 0 unspecified atom stereocenters. The van der Waals surface area contributed by atoms with E-state index in [4.69, 9.17) is 9.47 Å². The maximum atomic E-state index is 14.4. The van der Waals surface area contributed by atoms with Crippen LogP contribution in [0.2, 0.25) is 0 Å². The second-order valence-electron chi connectivity index (χ2n) is 16.4. The van der Waals surface area contributed by atoms with Gasteiger partial charge in [-0.05, 0) is 62.2 Å². The van der Waals surface area contributed by atoms with Gasteiger partial charge in [0.2, 0.25) is 23.6 Å². The van der Waals surface area contributed by atoms with Gasteiger partial charge in [-0.2, -0.15) is 0 Å². The van der Waals surface area contributed by atoms with Crippen LogP contribution in [0.15, 0.2) is 66.7 Å². The lowest BCUT2D eigenvalue weighted by atomic mass is 9.87. The smallest absolute Gasteiger partial charge is 0.244 e. The van der Waals surface area contributed by atoms with Crippen molar-refractivity contribution in [1.82, 2.24) is 25.8 Å². The zero-order chi connectivity index (χ0) is 42.2. The summed E-state index contributed by atoms with van der Waals surface area (Å²) in [6.45, 7) is 14.4. The molecule has 1 fully saturated rings. The van der Waals surface area contributed by atoms with Gasteiger partial charge < -0.3 is 25.0 Å². The third kappa shape index (κ3) is 13.3. The van der Waals surface area contributed by atoms with Gasteiger partial charge in [-0.1, -0.05) is 128 Å². The Balaban J connectivity index is 1.80. The molecule has 1 heterocycles. The molecule has 0 aliphatic carbocycles. The van der Waals surface area contributed by atoms with E-state index in [1.807, 2.05) is 112 Å². The summed E-state index contributed by atoms with van der Waals surface area (Å²) in [4.78, 5) is 59.1. The maximum Gasteiger partial charge on any atom is 0.244 e. The minimum atomic E-state index is -0.643. The molecule has 9 atom stereocenters. The van der Waals surface area contributed by atoms with Crippen LogP contribution in [-0.2, 0) is 35.1 Å². The third-order valence-corrected chi connectivity index (χ3v) is 11.7. The predicted octanol–water partition coefficient (Wildman–Crippen LogP) is 5.73. The van der Waals surface area contributed by atoms with Gasteiger partial charge >= 0.3 is 0 Å². The Labute approximate surface area is 342 Å². The number of likely N-dealkylation sites (N-methyl/N-ethyl adjacent to an activating group) is 2. The predicted molar refractivity (Wildman–Crippen MR) is 228 cm³/mol. The van der Waals surface area contributed by atoms with Crippen LogP contribution in [-0.4, -0.2) is 111 Å². The molecule has 3 rings (SSSR count). The molecule has 0 spiro atoms. The van der Waals surface area contributed by atoms with Crippen LogP contribution in [0.25, 0.3) is 6.08 Å². The second-order valence-corrected chi connectivity index (χ2v) is 16.4. The lowest BCUT2D eigenvalue weighted by Gasteiger charge is -2.43. The number of benzene rings is 2. The van der Waals surface area contributed by atoms with E-state index in [1.165, 1.54) is 0 Å². The fourth-order valence-corrected chi connectivity index (χ4v) is 8.52. The number of ether oxygens (including phenoxy) is 2. The Hall–Kier alpha value is -3.90. The number of methoxy groups -OCH3 is 2. The topological polar surface area (TPSA) is 129 Å². The first kappa shape index (κ1) is 47.5. The van der Waals surface area contributed by atoms with E-state index in [-0.39, 0.29) is 65.9 Å². The highest BCUT2D eigenvalue weighted by molar-refractivity contribution is 6.00. The molecular formula is C46H71N5O6. The van der Waals surface area contributed by atoms with Crippen LogP contribution in [0.4, 0.5) is 0 Å². The number of hydrogen-bond acceptors (Lipinski definition) is 8. The van der Waals surface area contributed by atoms with Crippen molar-refractivity contribution in [3.63, 3.8) is 0 Å². The van der Waals surface area contributed by atoms with Gasteiger partial charge in [0.1, 0.15) is 0 Å². The molecule has 1 aliphatic rings. The molecule has 2 aromatic carbocycles. The summed E-state index contributed by atoms with van der Waals surface area (Å²) in [6.07, 6.45) is 6.01. The molecule has 57 heavy (non-hydrogen) atoms. The van der Waals surface area contributed by atoms with Crippen LogP contribution in [0.3, 0.4) is 0 Å². The van der Waals surface area contributed by atoms with Crippen LogP contribution < -0.4 is 16.0 Å². The van der Waals surface area contributed by atoms with E-state index in [2.05, 4.69) is 41.9 Å². The third-order valence-electron chi connectivity index (χ3n) is 11.7. The molecule has 0 saturated carbocycles. The summed E-state index contributed by atoms with van der Waals surface area (Å²) in [5.41, 5.74) is 2.16. The zero-order valence-electron chi connectivity index (χ0n) is 36.4. The average Bonchev–Trinajstić information content (AvgIpc) is 3.67. The van der Waals surface area contributed by atoms with Crippen LogP contribution in [0.5, 0.6) is 0 Å². The van der Waals surface area contributed by atoms with Gasteiger partial charge in [0.15, 0.2) is 0 Å². The first-order valence-electron chi connectivity index (χ1n) is 20.8. The Morgan fingerprint density at radius 3 is 2.05 bits per heavy atom. The van der Waals surface area contributed by atoms with Gasteiger partial charge in [0.05, 0.1) is 48.7 Å². The van der Waals surface area contributed by atoms with Gasteiger partial charge in [0, 0.05) is 26.8 Å². The van der Waals surface area contributed by atoms with Gasteiger partial charge in [-0.25, -0.2) is 0 Å². The molecule has 1 saturated heterocycles. The molecule has 1 aliphatic heterocycles. The fourth-order valence-electron chi connectivity index (χ4n) is 8.52. The number of nitrogens with one attached hydrogen (secondary N) is 3. The van der Waals surface area contributed by atoms with E-state index in [9.17, 15) is 19.2 Å². The quantitative estimate of drug-likeness (QED) is 0.138. The van der Waals surface area contributed by atoms with Crippen LogP contribution in [0.1, 0.15) is 85.3 Å². The van der Waals surface area contributed by atoms with Gasteiger partial charge in [-0.15, -0.1) is 0 Å². The molecule has 3 N–H and O–H groups in total. The first-order chi connectivity index (χ1) is 27.2. The van der Waals surface area contributed by atoms with Gasteiger partial charge in [0.25, 0.3) is 0 Å². The highest BCUT2D eigenvalue weighted by Crippen LogP contribution is 2.30. The summed E-state index contributed by atoms with van der Waals surface area (Å²) in [7, 11) is 6.82. The Morgan fingerprint density at radius 1 is 0.877 bits per heavy atom. The highest BCUT2D eigenvalue weighted by Gasteiger charge is 2.43. The zero-order valence-corrected chi connectivity index (χ0v) is 36.4. The number of hydrogen-bond donors (Lipinski definition) is 3. The largest absolute Gasteiger partial charge is 0.379 e. The van der Waals surface area contributed by atoms with Crippen LogP contribution >= 0.6 is 0 Å². The van der Waals surface area contributed by atoms with E-state index >= 15 is 0 Å². The van der Waals surface area contributed by atoms with Crippen molar-refractivity contribution in [1.29, 1.82) is 0 Å². The summed E-state index contributed by atoms with van der Waals surface area (Å²) < 4.78 is 12.2.